The number of amides is 2. The van der Waals surface area contributed by atoms with E-state index in [1.165, 1.54) is 24.3 Å². The Bertz CT molecular complexity index is 830. The molecule has 1 N–H and O–H groups in total. The molecule has 1 aliphatic heterocycles. The Labute approximate surface area is 170 Å². The maximum Gasteiger partial charge on any atom is 0.265 e. The summed E-state index contributed by atoms with van der Waals surface area (Å²) in [5.74, 6) is -0.346. The lowest BCUT2D eigenvalue weighted by Gasteiger charge is -2.23. The zero-order valence-electron chi connectivity index (χ0n) is 16.7. The van der Waals surface area contributed by atoms with Gasteiger partial charge in [-0.25, -0.2) is 4.39 Å². The van der Waals surface area contributed by atoms with Gasteiger partial charge in [0.1, 0.15) is 11.6 Å². The average molecular weight is 398 g/mol. The molecule has 5 nitrogen and oxygen atoms in total. The third-order valence-electron chi connectivity index (χ3n) is 5.06. The van der Waals surface area contributed by atoms with Gasteiger partial charge in [-0.05, 0) is 55.7 Å². The van der Waals surface area contributed by atoms with E-state index < -0.39 is 6.10 Å². The number of nitrogens with one attached hydrogen (secondary N) is 1. The molecule has 0 aromatic heterocycles. The molecule has 0 spiro atoms. The van der Waals surface area contributed by atoms with Crippen LogP contribution >= 0.6 is 0 Å². The predicted octanol–water partition coefficient (Wildman–Crippen LogP) is 4.64. The van der Waals surface area contributed by atoms with Crippen LogP contribution in [0.3, 0.4) is 0 Å². The Kier molecular flexibility index (Phi) is 7.22. The third-order valence-corrected chi connectivity index (χ3v) is 5.06. The molecule has 2 aromatic rings. The van der Waals surface area contributed by atoms with Crippen LogP contribution < -0.4 is 10.1 Å². The third kappa shape index (κ3) is 5.56. The molecule has 1 heterocycles. The molecule has 1 atom stereocenters. The predicted molar refractivity (Wildman–Crippen MR) is 111 cm³/mol. The van der Waals surface area contributed by atoms with E-state index in [9.17, 15) is 14.0 Å². The molecule has 154 valence electrons. The van der Waals surface area contributed by atoms with Crippen molar-refractivity contribution in [2.45, 2.75) is 45.1 Å². The van der Waals surface area contributed by atoms with Crippen LogP contribution in [0.25, 0.3) is 0 Å². The first kappa shape index (κ1) is 20.8. The normalized spacial score (nSPS) is 15.3. The van der Waals surface area contributed by atoms with Gasteiger partial charge >= 0.3 is 0 Å². The lowest BCUT2D eigenvalue weighted by atomic mass is 10.1. The summed E-state index contributed by atoms with van der Waals surface area (Å²) in [4.78, 5) is 27.7. The highest BCUT2D eigenvalue weighted by atomic mass is 19.1. The summed E-state index contributed by atoms with van der Waals surface area (Å²) in [6, 6.07) is 12.6. The number of ether oxygens (including phenoxy) is 1. The molecule has 2 aromatic carbocycles. The number of hydrogen-bond donors (Lipinski definition) is 1. The molecule has 0 bridgehead atoms. The Hall–Kier alpha value is -2.89. The van der Waals surface area contributed by atoms with Crippen molar-refractivity contribution in [2.75, 3.05) is 18.4 Å². The van der Waals surface area contributed by atoms with Crippen LogP contribution in [0.4, 0.5) is 10.1 Å². The molecule has 2 amide bonds. The van der Waals surface area contributed by atoms with Crippen LogP contribution in [0.15, 0.2) is 48.5 Å². The van der Waals surface area contributed by atoms with Crippen molar-refractivity contribution in [3.05, 3.63) is 59.9 Å². The minimum atomic E-state index is -0.748. The summed E-state index contributed by atoms with van der Waals surface area (Å²) < 4.78 is 18.8. The lowest BCUT2D eigenvalue weighted by molar-refractivity contribution is -0.122. The van der Waals surface area contributed by atoms with E-state index >= 15 is 0 Å². The van der Waals surface area contributed by atoms with Crippen molar-refractivity contribution in [1.82, 2.24) is 4.90 Å². The summed E-state index contributed by atoms with van der Waals surface area (Å²) in [6.45, 7) is 3.32. The molecule has 29 heavy (non-hydrogen) atoms. The second-order valence-corrected chi connectivity index (χ2v) is 7.21. The van der Waals surface area contributed by atoms with Crippen molar-refractivity contribution < 1.29 is 18.7 Å². The van der Waals surface area contributed by atoms with Crippen LogP contribution in [0.2, 0.25) is 0 Å². The lowest BCUT2D eigenvalue weighted by Crippen LogP contribution is -2.35. The smallest absolute Gasteiger partial charge is 0.265 e. The Morgan fingerprint density at radius 1 is 1.03 bits per heavy atom. The second kappa shape index (κ2) is 10.0. The highest BCUT2D eigenvalue weighted by molar-refractivity contribution is 6.04. The summed E-state index contributed by atoms with van der Waals surface area (Å²) in [5, 5.41) is 2.84. The van der Waals surface area contributed by atoms with Gasteiger partial charge in [0, 0.05) is 13.1 Å². The van der Waals surface area contributed by atoms with Crippen LogP contribution in [0, 0.1) is 5.82 Å². The average Bonchev–Trinajstić information content (AvgIpc) is 3.03. The Balaban J connectivity index is 1.72. The molecular weight excluding hydrogens is 371 g/mol. The quantitative estimate of drug-likeness (QED) is 0.771. The minimum Gasteiger partial charge on any atom is -0.481 e. The van der Waals surface area contributed by atoms with Crippen LogP contribution in [0.5, 0.6) is 5.75 Å². The van der Waals surface area contributed by atoms with Gasteiger partial charge in [-0.1, -0.05) is 31.9 Å². The number of nitrogens with zero attached hydrogens (tertiary/aromatic N) is 1. The van der Waals surface area contributed by atoms with Crippen LogP contribution in [-0.2, 0) is 4.79 Å². The van der Waals surface area contributed by atoms with E-state index in [4.69, 9.17) is 4.74 Å². The Morgan fingerprint density at radius 2 is 1.69 bits per heavy atom. The van der Waals surface area contributed by atoms with Gasteiger partial charge in [-0.2, -0.15) is 0 Å². The number of rotatable bonds is 6. The maximum atomic E-state index is 13.1. The zero-order chi connectivity index (χ0) is 20.6. The van der Waals surface area contributed by atoms with Crippen molar-refractivity contribution in [3.8, 4) is 5.75 Å². The SMILES string of the molecule is CCC(Oc1ccc(F)cc1)C(=O)Nc1ccccc1C(=O)N1CCCCCC1. The van der Waals surface area contributed by atoms with E-state index in [0.29, 0.717) is 23.4 Å². The molecular formula is C23H27FN2O3. The highest BCUT2D eigenvalue weighted by Gasteiger charge is 2.23. The fourth-order valence-electron chi connectivity index (χ4n) is 3.44. The standard InChI is InChI=1S/C23H27FN2O3/c1-2-21(29-18-13-11-17(24)12-14-18)22(27)25-20-10-6-5-9-19(20)23(28)26-15-7-3-4-8-16-26/h5-6,9-14,21H,2-4,7-8,15-16H2,1H3,(H,25,27). The minimum absolute atomic E-state index is 0.0599. The van der Waals surface area contributed by atoms with E-state index in [1.54, 1.807) is 24.3 Å². The molecule has 0 saturated carbocycles. The number of carbonyl (C=O) groups is 2. The highest BCUT2D eigenvalue weighted by Crippen LogP contribution is 2.21. The van der Waals surface area contributed by atoms with Crippen molar-refractivity contribution >= 4 is 17.5 Å². The fourth-order valence-corrected chi connectivity index (χ4v) is 3.44. The molecule has 1 aliphatic rings. The van der Waals surface area contributed by atoms with Crippen LogP contribution in [-0.4, -0.2) is 35.9 Å². The number of hydrogen-bond acceptors (Lipinski definition) is 3. The van der Waals surface area contributed by atoms with Crippen molar-refractivity contribution in [3.63, 3.8) is 0 Å². The molecule has 0 radical (unpaired) electrons. The van der Waals surface area contributed by atoms with Gasteiger partial charge in [0.25, 0.3) is 11.8 Å². The summed E-state index contributed by atoms with van der Waals surface area (Å²) in [5.41, 5.74) is 0.965. The molecule has 0 aliphatic carbocycles. The number of para-hydroxylation sites is 1. The van der Waals surface area contributed by atoms with E-state index in [-0.39, 0.29) is 17.6 Å². The number of carbonyl (C=O) groups excluding carboxylic acids is 2. The molecule has 3 rings (SSSR count). The maximum absolute atomic E-state index is 13.1. The molecule has 1 fully saturated rings. The van der Waals surface area contributed by atoms with Gasteiger partial charge in [-0.3, -0.25) is 9.59 Å². The number of halogens is 1. The number of benzene rings is 2. The summed E-state index contributed by atoms with van der Waals surface area (Å²) in [7, 11) is 0. The number of likely N-dealkylation sites (tertiary alicyclic amines) is 1. The summed E-state index contributed by atoms with van der Waals surface area (Å²) in [6.07, 6.45) is 3.97. The van der Waals surface area contributed by atoms with Gasteiger partial charge < -0.3 is 15.0 Å². The number of anilines is 1. The van der Waals surface area contributed by atoms with Crippen molar-refractivity contribution in [2.24, 2.45) is 0 Å². The fraction of sp³-hybridized carbons (Fsp3) is 0.391. The van der Waals surface area contributed by atoms with E-state index in [1.807, 2.05) is 11.8 Å². The van der Waals surface area contributed by atoms with E-state index in [0.717, 1.165) is 38.8 Å². The Morgan fingerprint density at radius 3 is 2.34 bits per heavy atom. The topological polar surface area (TPSA) is 58.6 Å². The van der Waals surface area contributed by atoms with Gasteiger partial charge in [0.15, 0.2) is 6.10 Å². The second-order valence-electron chi connectivity index (χ2n) is 7.21. The zero-order valence-corrected chi connectivity index (χ0v) is 16.7. The summed E-state index contributed by atoms with van der Waals surface area (Å²) >= 11 is 0. The largest absolute Gasteiger partial charge is 0.481 e. The molecule has 1 saturated heterocycles. The van der Waals surface area contributed by atoms with Gasteiger partial charge in [0.2, 0.25) is 0 Å². The first-order valence-electron chi connectivity index (χ1n) is 10.2. The molecule has 6 heteroatoms. The first-order chi connectivity index (χ1) is 14.1. The van der Waals surface area contributed by atoms with Crippen LogP contribution in [0.1, 0.15) is 49.4 Å². The first-order valence-corrected chi connectivity index (χ1v) is 10.2. The monoisotopic (exact) mass is 398 g/mol. The van der Waals surface area contributed by atoms with Gasteiger partial charge in [0.05, 0.1) is 11.3 Å². The van der Waals surface area contributed by atoms with Crippen molar-refractivity contribution in [1.29, 1.82) is 0 Å². The van der Waals surface area contributed by atoms with Gasteiger partial charge in [-0.15, -0.1) is 0 Å². The molecule has 1 unspecified atom stereocenters. The van der Waals surface area contributed by atoms with E-state index in [2.05, 4.69) is 5.32 Å².